The van der Waals surface area contributed by atoms with Gasteiger partial charge in [-0.15, -0.1) is 0 Å². The van der Waals surface area contributed by atoms with Crippen molar-refractivity contribution in [2.24, 2.45) is 4.99 Å². The van der Waals surface area contributed by atoms with Crippen LogP contribution < -0.4 is 5.32 Å². The fourth-order valence-corrected chi connectivity index (χ4v) is 3.08. The van der Waals surface area contributed by atoms with Crippen LogP contribution in [0, 0.1) is 5.82 Å². The second kappa shape index (κ2) is 6.88. The number of aliphatic imine (C=N–C) groups is 1. The topological polar surface area (TPSA) is 96.4 Å². The van der Waals surface area contributed by atoms with Crippen molar-refractivity contribution < 1.29 is 18.7 Å². The highest BCUT2D eigenvalue weighted by molar-refractivity contribution is 6.22. The molecule has 0 bridgehead atoms. The zero-order valence-electron chi connectivity index (χ0n) is 15.2. The fraction of sp³-hybridized carbons (Fsp3) is 0.200. The number of anilines is 1. The number of carbonyl (C=O) groups is 2. The standard InChI is InChI=1S/C20H17FN4O3/c1-10(2)28-20(27)25-19-23-15-6-3-11(7-16(15)24-19)18-14-8-12(21)4-5-13(14)17(26)9-22-18/h3-8,10H,9H2,1-2H3,(H2,23,24,25,27). The van der Waals surface area contributed by atoms with Gasteiger partial charge in [0, 0.05) is 16.7 Å². The molecule has 2 heterocycles. The number of nitrogens with zero attached hydrogens (tertiary/aromatic N) is 2. The zero-order valence-corrected chi connectivity index (χ0v) is 15.2. The number of ketones is 1. The summed E-state index contributed by atoms with van der Waals surface area (Å²) in [6.45, 7) is 3.52. The van der Waals surface area contributed by atoms with Crippen molar-refractivity contribution in [3.8, 4) is 0 Å². The molecule has 3 aromatic rings. The molecule has 1 amide bonds. The van der Waals surface area contributed by atoms with Crippen LogP contribution in [0.3, 0.4) is 0 Å². The Kier molecular flexibility index (Phi) is 4.38. The molecule has 0 unspecified atom stereocenters. The summed E-state index contributed by atoms with van der Waals surface area (Å²) in [7, 11) is 0. The number of aromatic amines is 1. The van der Waals surface area contributed by atoms with E-state index in [1.165, 1.54) is 18.2 Å². The third-order valence-corrected chi connectivity index (χ3v) is 4.24. The lowest BCUT2D eigenvalue weighted by Gasteiger charge is -2.16. The minimum atomic E-state index is -0.603. The van der Waals surface area contributed by atoms with Crippen molar-refractivity contribution in [1.29, 1.82) is 0 Å². The summed E-state index contributed by atoms with van der Waals surface area (Å²) >= 11 is 0. The van der Waals surface area contributed by atoms with E-state index in [1.807, 2.05) is 0 Å². The third-order valence-electron chi connectivity index (χ3n) is 4.24. The number of amides is 1. The summed E-state index contributed by atoms with van der Waals surface area (Å²) in [6, 6.07) is 9.42. The van der Waals surface area contributed by atoms with Crippen LogP contribution in [0.1, 0.15) is 35.3 Å². The molecule has 0 atom stereocenters. The van der Waals surface area contributed by atoms with E-state index in [9.17, 15) is 14.0 Å². The second-order valence-corrected chi connectivity index (χ2v) is 6.67. The SMILES string of the molecule is CC(C)OC(=O)Nc1nc2ccc(C3=NCC(=O)c4ccc(F)cc43)cc2[nH]1. The number of rotatable bonds is 3. The van der Waals surface area contributed by atoms with Gasteiger partial charge in [0.15, 0.2) is 5.78 Å². The largest absolute Gasteiger partial charge is 0.447 e. The Labute approximate surface area is 159 Å². The molecule has 28 heavy (non-hydrogen) atoms. The maximum absolute atomic E-state index is 13.7. The maximum Gasteiger partial charge on any atom is 0.414 e. The highest BCUT2D eigenvalue weighted by Gasteiger charge is 2.22. The molecule has 0 radical (unpaired) electrons. The van der Waals surface area contributed by atoms with E-state index in [1.54, 1.807) is 32.0 Å². The molecule has 0 saturated carbocycles. The van der Waals surface area contributed by atoms with E-state index in [0.29, 0.717) is 33.4 Å². The number of benzene rings is 2. The second-order valence-electron chi connectivity index (χ2n) is 6.67. The van der Waals surface area contributed by atoms with Gasteiger partial charge in [-0.05, 0) is 44.2 Å². The third kappa shape index (κ3) is 3.36. The zero-order chi connectivity index (χ0) is 19.8. The van der Waals surface area contributed by atoms with Gasteiger partial charge in [0.05, 0.1) is 22.8 Å². The summed E-state index contributed by atoms with van der Waals surface area (Å²) < 4.78 is 18.8. The van der Waals surface area contributed by atoms with Crippen molar-refractivity contribution >= 4 is 34.6 Å². The highest BCUT2D eigenvalue weighted by Crippen LogP contribution is 2.24. The highest BCUT2D eigenvalue weighted by atomic mass is 19.1. The molecular weight excluding hydrogens is 363 g/mol. The molecule has 142 valence electrons. The number of carbonyl (C=O) groups excluding carboxylic acids is 2. The molecule has 8 heteroatoms. The number of hydrogen-bond acceptors (Lipinski definition) is 5. The van der Waals surface area contributed by atoms with Gasteiger partial charge >= 0.3 is 6.09 Å². The predicted octanol–water partition coefficient (Wildman–Crippen LogP) is 3.69. The first kappa shape index (κ1) is 17.8. The number of aromatic nitrogens is 2. The van der Waals surface area contributed by atoms with Crippen LogP contribution >= 0.6 is 0 Å². The first-order valence-electron chi connectivity index (χ1n) is 8.76. The minimum Gasteiger partial charge on any atom is -0.447 e. The lowest BCUT2D eigenvalue weighted by molar-refractivity contribution is 0.1000. The van der Waals surface area contributed by atoms with Crippen LogP contribution in [-0.2, 0) is 4.74 Å². The van der Waals surface area contributed by atoms with Crippen LogP contribution in [0.2, 0.25) is 0 Å². The monoisotopic (exact) mass is 380 g/mol. The van der Waals surface area contributed by atoms with Gasteiger partial charge in [-0.3, -0.25) is 15.1 Å². The number of Topliss-reactive ketones (excluding diaryl/α,β-unsaturated/α-hetero) is 1. The number of imidazole rings is 1. The average molecular weight is 380 g/mol. The Morgan fingerprint density at radius 1 is 1.21 bits per heavy atom. The number of fused-ring (bicyclic) bond motifs is 2. The molecule has 2 aromatic carbocycles. The summed E-state index contributed by atoms with van der Waals surface area (Å²) in [5.74, 6) is -0.319. The summed E-state index contributed by atoms with van der Waals surface area (Å²) in [6.07, 6.45) is -0.850. The summed E-state index contributed by atoms with van der Waals surface area (Å²) in [5.41, 5.74) is 3.47. The van der Waals surface area contributed by atoms with E-state index in [0.717, 1.165) is 0 Å². The number of halogens is 1. The van der Waals surface area contributed by atoms with Gasteiger partial charge < -0.3 is 9.72 Å². The van der Waals surface area contributed by atoms with Crippen LogP contribution in [-0.4, -0.2) is 40.2 Å². The molecule has 7 nitrogen and oxygen atoms in total. The van der Waals surface area contributed by atoms with Crippen molar-refractivity contribution in [3.05, 3.63) is 58.9 Å². The first-order valence-corrected chi connectivity index (χ1v) is 8.76. The van der Waals surface area contributed by atoms with Crippen molar-refractivity contribution in [2.75, 3.05) is 11.9 Å². The van der Waals surface area contributed by atoms with Gasteiger partial charge in [-0.2, -0.15) is 0 Å². The van der Waals surface area contributed by atoms with E-state index in [2.05, 4.69) is 20.3 Å². The molecule has 0 aliphatic carbocycles. The minimum absolute atomic E-state index is 0.0167. The Hall–Kier alpha value is -3.55. The lowest BCUT2D eigenvalue weighted by Crippen LogP contribution is -2.20. The Balaban J connectivity index is 1.68. The predicted molar refractivity (Wildman–Crippen MR) is 103 cm³/mol. The lowest BCUT2D eigenvalue weighted by atomic mass is 9.92. The van der Waals surface area contributed by atoms with Crippen molar-refractivity contribution in [2.45, 2.75) is 20.0 Å². The average Bonchev–Trinajstić information content (AvgIpc) is 3.02. The molecule has 1 aliphatic rings. The van der Waals surface area contributed by atoms with Gasteiger partial charge in [0.2, 0.25) is 5.95 Å². The van der Waals surface area contributed by atoms with Gasteiger partial charge in [-0.1, -0.05) is 6.07 Å². The van der Waals surface area contributed by atoms with E-state index < -0.39 is 11.9 Å². The molecular formula is C20H17FN4O3. The molecule has 1 aromatic heterocycles. The maximum atomic E-state index is 13.7. The van der Waals surface area contributed by atoms with Crippen molar-refractivity contribution in [1.82, 2.24) is 9.97 Å². The molecule has 4 rings (SSSR count). The summed E-state index contributed by atoms with van der Waals surface area (Å²) in [4.78, 5) is 35.4. The van der Waals surface area contributed by atoms with Gasteiger partial charge in [0.25, 0.3) is 0 Å². The Morgan fingerprint density at radius 2 is 2.04 bits per heavy atom. The van der Waals surface area contributed by atoms with Crippen LogP contribution in [0.25, 0.3) is 11.0 Å². The summed E-state index contributed by atoms with van der Waals surface area (Å²) in [5, 5.41) is 2.54. The van der Waals surface area contributed by atoms with Crippen LogP contribution in [0.5, 0.6) is 0 Å². The molecule has 0 spiro atoms. The molecule has 0 fully saturated rings. The molecule has 2 N–H and O–H groups in total. The normalized spacial score (nSPS) is 13.4. The van der Waals surface area contributed by atoms with Gasteiger partial charge in [-0.25, -0.2) is 14.2 Å². The van der Waals surface area contributed by atoms with Crippen molar-refractivity contribution in [3.63, 3.8) is 0 Å². The Morgan fingerprint density at radius 3 is 2.82 bits per heavy atom. The molecule has 0 saturated heterocycles. The quantitative estimate of drug-likeness (QED) is 0.724. The number of H-pyrrole nitrogens is 1. The fourth-order valence-electron chi connectivity index (χ4n) is 3.08. The first-order chi connectivity index (χ1) is 13.4. The smallest absolute Gasteiger partial charge is 0.414 e. The number of hydrogen-bond donors (Lipinski definition) is 2. The Bertz CT molecular complexity index is 1130. The number of ether oxygens (including phenoxy) is 1. The number of nitrogens with one attached hydrogen (secondary N) is 2. The molecule has 1 aliphatic heterocycles. The van der Waals surface area contributed by atoms with Gasteiger partial charge in [0.1, 0.15) is 12.4 Å². The van der Waals surface area contributed by atoms with Crippen LogP contribution in [0.4, 0.5) is 15.1 Å². The van der Waals surface area contributed by atoms with Crippen LogP contribution in [0.15, 0.2) is 41.4 Å². The van der Waals surface area contributed by atoms with E-state index in [-0.39, 0.29) is 24.4 Å². The van der Waals surface area contributed by atoms with E-state index in [4.69, 9.17) is 4.74 Å². The van der Waals surface area contributed by atoms with E-state index >= 15 is 0 Å².